The Labute approximate surface area is 162 Å². The Hall–Kier alpha value is -2.69. The number of ether oxygens (including phenoxy) is 2. The average molecular weight is 370 g/mol. The normalized spacial score (nSPS) is 12.4. The molecule has 5 heteroatoms. The van der Waals surface area contributed by atoms with Crippen LogP contribution >= 0.6 is 0 Å². The molecule has 0 bridgehead atoms. The van der Waals surface area contributed by atoms with E-state index in [1.54, 1.807) is 7.05 Å². The highest BCUT2D eigenvalue weighted by Crippen LogP contribution is 2.28. The van der Waals surface area contributed by atoms with E-state index in [1.807, 2.05) is 38.1 Å². The molecule has 0 fully saturated rings. The highest BCUT2D eigenvalue weighted by molar-refractivity contribution is 5.80. The topological polar surface area (TPSA) is 54.9 Å². The van der Waals surface area contributed by atoms with E-state index in [0.29, 0.717) is 13.2 Å². The Morgan fingerprint density at radius 1 is 1.00 bits per heavy atom. The molecule has 1 atom stereocenters. The minimum absolute atomic E-state index is 0.187. The SMILES string of the molecule is CCOc1ccc(CCNC(=NC)NC(C)c2ccccc2)cc1OCC. The van der Waals surface area contributed by atoms with Crippen LogP contribution in [0.15, 0.2) is 53.5 Å². The van der Waals surface area contributed by atoms with Crippen LogP contribution < -0.4 is 20.1 Å². The number of guanidine groups is 1. The molecular weight excluding hydrogens is 338 g/mol. The van der Waals surface area contributed by atoms with Crippen LogP contribution in [0, 0.1) is 0 Å². The molecule has 0 radical (unpaired) electrons. The lowest BCUT2D eigenvalue weighted by molar-refractivity contribution is 0.287. The molecule has 0 heterocycles. The number of hydrogen-bond acceptors (Lipinski definition) is 3. The molecule has 5 nitrogen and oxygen atoms in total. The van der Waals surface area contributed by atoms with E-state index in [4.69, 9.17) is 9.47 Å². The van der Waals surface area contributed by atoms with Crippen molar-refractivity contribution >= 4 is 5.96 Å². The Bertz CT molecular complexity index is 717. The number of hydrogen-bond donors (Lipinski definition) is 2. The highest BCUT2D eigenvalue weighted by Gasteiger charge is 2.08. The Morgan fingerprint density at radius 3 is 2.37 bits per heavy atom. The predicted octanol–water partition coefficient (Wildman–Crippen LogP) is 3.95. The monoisotopic (exact) mass is 369 g/mol. The van der Waals surface area contributed by atoms with Crippen LogP contribution in [0.25, 0.3) is 0 Å². The summed E-state index contributed by atoms with van der Waals surface area (Å²) in [4.78, 5) is 4.32. The second-order valence-electron chi connectivity index (χ2n) is 6.17. The standard InChI is InChI=1S/C22H31N3O2/c1-5-26-20-13-12-18(16-21(20)27-6-2)14-15-24-22(23-4)25-17(3)19-10-8-7-9-11-19/h7-13,16-17H,5-6,14-15H2,1-4H3,(H2,23,24,25). The molecule has 2 aromatic rings. The maximum atomic E-state index is 5.70. The van der Waals surface area contributed by atoms with E-state index in [2.05, 4.69) is 46.8 Å². The summed E-state index contributed by atoms with van der Waals surface area (Å²) >= 11 is 0. The van der Waals surface area contributed by atoms with Crippen LogP contribution in [0.3, 0.4) is 0 Å². The second kappa shape index (κ2) is 11.1. The van der Waals surface area contributed by atoms with E-state index < -0.39 is 0 Å². The summed E-state index contributed by atoms with van der Waals surface area (Å²) in [5.41, 5.74) is 2.43. The molecule has 0 spiro atoms. The van der Waals surface area contributed by atoms with Crippen molar-refractivity contribution in [1.82, 2.24) is 10.6 Å². The summed E-state index contributed by atoms with van der Waals surface area (Å²) in [6, 6.07) is 16.6. The van der Waals surface area contributed by atoms with Gasteiger partial charge in [0.1, 0.15) is 0 Å². The minimum atomic E-state index is 0.187. The minimum Gasteiger partial charge on any atom is -0.490 e. The number of nitrogens with one attached hydrogen (secondary N) is 2. The molecule has 0 aliphatic heterocycles. The van der Waals surface area contributed by atoms with Crippen molar-refractivity contribution in [1.29, 1.82) is 0 Å². The lowest BCUT2D eigenvalue weighted by atomic mass is 10.1. The van der Waals surface area contributed by atoms with E-state index in [-0.39, 0.29) is 6.04 Å². The molecule has 0 saturated carbocycles. The van der Waals surface area contributed by atoms with Gasteiger partial charge >= 0.3 is 0 Å². The summed E-state index contributed by atoms with van der Waals surface area (Å²) in [7, 11) is 1.79. The predicted molar refractivity (Wildman–Crippen MR) is 112 cm³/mol. The summed E-state index contributed by atoms with van der Waals surface area (Å²) in [5, 5.41) is 6.80. The van der Waals surface area contributed by atoms with Crippen molar-refractivity contribution in [3.63, 3.8) is 0 Å². The van der Waals surface area contributed by atoms with Gasteiger partial charge in [0.05, 0.1) is 19.3 Å². The first-order valence-corrected chi connectivity index (χ1v) is 9.58. The van der Waals surface area contributed by atoms with Gasteiger partial charge in [0.15, 0.2) is 17.5 Å². The van der Waals surface area contributed by atoms with Gasteiger partial charge in [-0.1, -0.05) is 36.4 Å². The second-order valence-corrected chi connectivity index (χ2v) is 6.17. The molecule has 2 aromatic carbocycles. The van der Waals surface area contributed by atoms with Gasteiger partial charge in [-0.2, -0.15) is 0 Å². The quantitative estimate of drug-likeness (QED) is 0.519. The third-order valence-electron chi connectivity index (χ3n) is 4.19. The zero-order chi connectivity index (χ0) is 19.5. The molecule has 146 valence electrons. The fraction of sp³-hybridized carbons (Fsp3) is 0.409. The lowest BCUT2D eigenvalue weighted by Gasteiger charge is -2.18. The molecule has 2 rings (SSSR count). The van der Waals surface area contributed by atoms with E-state index in [9.17, 15) is 0 Å². The van der Waals surface area contributed by atoms with Crippen molar-refractivity contribution in [3.05, 3.63) is 59.7 Å². The van der Waals surface area contributed by atoms with E-state index in [1.165, 1.54) is 11.1 Å². The maximum Gasteiger partial charge on any atom is 0.191 e. The summed E-state index contributed by atoms with van der Waals surface area (Å²) < 4.78 is 11.3. The summed E-state index contributed by atoms with van der Waals surface area (Å²) in [6.45, 7) is 8.11. The van der Waals surface area contributed by atoms with Crippen molar-refractivity contribution in [2.45, 2.75) is 33.2 Å². The zero-order valence-electron chi connectivity index (χ0n) is 16.8. The molecule has 0 aromatic heterocycles. The molecule has 1 unspecified atom stereocenters. The van der Waals surface area contributed by atoms with Gasteiger partial charge in [0, 0.05) is 13.6 Å². The van der Waals surface area contributed by atoms with Gasteiger partial charge in [-0.15, -0.1) is 0 Å². The van der Waals surface area contributed by atoms with E-state index in [0.717, 1.165) is 30.4 Å². The first-order chi connectivity index (χ1) is 13.2. The Kier molecular flexibility index (Phi) is 8.49. The van der Waals surface area contributed by atoms with Gasteiger partial charge in [-0.05, 0) is 50.5 Å². The number of aliphatic imine (C=N–C) groups is 1. The average Bonchev–Trinajstić information content (AvgIpc) is 2.70. The van der Waals surface area contributed by atoms with Crippen molar-refractivity contribution in [2.24, 2.45) is 4.99 Å². The molecule has 0 aliphatic carbocycles. The molecule has 0 amide bonds. The molecule has 2 N–H and O–H groups in total. The van der Waals surface area contributed by atoms with Gasteiger partial charge in [-0.25, -0.2) is 0 Å². The first kappa shape index (κ1) is 20.6. The van der Waals surface area contributed by atoms with Crippen molar-refractivity contribution < 1.29 is 9.47 Å². The smallest absolute Gasteiger partial charge is 0.191 e. The van der Waals surface area contributed by atoms with Crippen LogP contribution in [0.5, 0.6) is 11.5 Å². The van der Waals surface area contributed by atoms with Crippen molar-refractivity contribution in [2.75, 3.05) is 26.8 Å². The summed E-state index contributed by atoms with van der Waals surface area (Å²) in [5.74, 6) is 2.39. The summed E-state index contributed by atoms with van der Waals surface area (Å²) in [6.07, 6.45) is 0.868. The van der Waals surface area contributed by atoms with Crippen molar-refractivity contribution in [3.8, 4) is 11.5 Å². The van der Waals surface area contributed by atoms with Crippen LogP contribution in [0.1, 0.15) is 37.9 Å². The fourth-order valence-electron chi connectivity index (χ4n) is 2.80. The maximum absolute atomic E-state index is 5.70. The van der Waals surface area contributed by atoms with E-state index >= 15 is 0 Å². The first-order valence-electron chi connectivity index (χ1n) is 9.58. The molecule has 0 aliphatic rings. The number of benzene rings is 2. The zero-order valence-corrected chi connectivity index (χ0v) is 16.8. The largest absolute Gasteiger partial charge is 0.490 e. The molecule has 27 heavy (non-hydrogen) atoms. The lowest BCUT2D eigenvalue weighted by Crippen LogP contribution is -2.39. The highest BCUT2D eigenvalue weighted by atomic mass is 16.5. The Morgan fingerprint density at radius 2 is 1.70 bits per heavy atom. The van der Waals surface area contributed by atoms with Crippen LogP contribution in [-0.2, 0) is 6.42 Å². The van der Waals surface area contributed by atoms with Gasteiger partial charge < -0.3 is 20.1 Å². The van der Waals surface area contributed by atoms with Crippen LogP contribution in [-0.4, -0.2) is 32.8 Å². The Balaban J connectivity index is 1.89. The fourth-order valence-corrected chi connectivity index (χ4v) is 2.80. The third kappa shape index (κ3) is 6.51. The number of rotatable bonds is 9. The van der Waals surface area contributed by atoms with Crippen LogP contribution in [0.4, 0.5) is 0 Å². The van der Waals surface area contributed by atoms with Gasteiger partial charge in [-0.3, -0.25) is 4.99 Å². The molecule has 0 saturated heterocycles. The third-order valence-corrected chi connectivity index (χ3v) is 4.19. The molecular formula is C22H31N3O2. The van der Waals surface area contributed by atoms with Crippen LogP contribution in [0.2, 0.25) is 0 Å². The number of nitrogens with zero attached hydrogens (tertiary/aromatic N) is 1. The van der Waals surface area contributed by atoms with Gasteiger partial charge in [0.2, 0.25) is 0 Å². The van der Waals surface area contributed by atoms with Gasteiger partial charge in [0.25, 0.3) is 0 Å².